The average Bonchev–Trinajstić information content (AvgIpc) is 2.96. The van der Waals surface area contributed by atoms with Crippen molar-refractivity contribution in [2.24, 2.45) is 0 Å². The summed E-state index contributed by atoms with van der Waals surface area (Å²) in [6, 6.07) is 1.88. The number of aryl methyl sites for hydroxylation is 1. The summed E-state index contributed by atoms with van der Waals surface area (Å²) in [6.45, 7) is 1.89. The van der Waals surface area contributed by atoms with Gasteiger partial charge in [0.25, 0.3) is 0 Å². The predicted octanol–water partition coefficient (Wildman–Crippen LogP) is 3.26. The van der Waals surface area contributed by atoms with Crippen LogP contribution in [0.2, 0.25) is 0 Å². The molecule has 0 N–H and O–H groups in total. The normalized spacial score (nSPS) is 11.1. The second-order valence-corrected chi connectivity index (χ2v) is 5.32. The van der Waals surface area contributed by atoms with Crippen molar-refractivity contribution in [1.82, 2.24) is 9.38 Å². The van der Waals surface area contributed by atoms with Crippen molar-refractivity contribution in [3.8, 4) is 0 Å². The van der Waals surface area contributed by atoms with Gasteiger partial charge in [-0.15, -0.1) is 11.3 Å². The molecule has 0 saturated carbocycles. The van der Waals surface area contributed by atoms with Gasteiger partial charge in [-0.05, 0) is 13.0 Å². The number of hydrogen-bond donors (Lipinski definition) is 0. The number of carbonyl (C=O) groups excluding carboxylic acids is 1. The molecule has 3 heterocycles. The van der Waals surface area contributed by atoms with Gasteiger partial charge in [-0.2, -0.15) is 0 Å². The van der Waals surface area contributed by atoms with Crippen LogP contribution in [0.5, 0.6) is 0 Å². The van der Waals surface area contributed by atoms with E-state index in [1.165, 1.54) is 23.1 Å². The Kier molecular flexibility index (Phi) is 2.53. The van der Waals surface area contributed by atoms with Crippen LogP contribution in [-0.4, -0.2) is 15.7 Å². The summed E-state index contributed by atoms with van der Waals surface area (Å²) in [7, 11) is 0. The van der Waals surface area contributed by atoms with Crippen LogP contribution in [0.4, 0.5) is 0 Å². The highest BCUT2D eigenvalue weighted by Gasteiger charge is 2.15. The molecule has 3 rings (SSSR count). The van der Waals surface area contributed by atoms with Crippen molar-refractivity contribution in [1.29, 1.82) is 0 Å². The minimum atomic E-state index is 0.590. The largest absolute Gasteiger partial charge is 0.468 e. The first-order valence-corrected chi connectivity index (χ1v) is 6.62. The lowest BCUT2D eigenvalue weighted by Crippen LogP contribution is -1.88. The summed E-state index contributed by atoms with van der Waals surface area (Å²) in [5, 5.41) is 2.63. The van der Waals surface area contributed by atoms with Gasteiger partial charge < -0.3 is 4.42 Å². The van der Waals surface area contributed by atoms with Gasteiger partial charge in [-0.1, -0.05) is 11.8 Å². The Morgan fingerprint density at radius 1 is 1.59 bits per heavy atom. The molecule has 0 fully saturated rings. The van der Waals surface area contributed by atoms with Gasteiger partial charge in [0.05, 0.1) is 11.2 Å². The van der Waals surface area contributed by atoms with Crippen molar-refractivity contribution in [3.05, 3.63) is 35.4 Å². The maximum atomic E-state index is 11.1. The molecule has 0 amide bonds. The van der Waals surface area contributed by atoms with Gasteiger partial charge >= 0.3 is 0 Å². The molecule has 0 aliphatic rings. The molecule has 0 aliphatic heterocycles. The van der Waals surface area contributed by atoms with Gasteiger partial charge in [0, 0.05) is 11.6 Å². The maximum absolute atomic E-state index is 11.1. The second kappa shape index (κ2) is 4.05. The number of fused-ring (bicyclic) bond motifs is 1. The van der Waals surface area contributed by atoms with Gasteiger partial charge in [-0.25, -0.2) is 4.98 Å². The van der Waals surface area contributed by atoms with E-state index in [0.717, 1.165) is 26.9 Å². The van der Waals surface area contributed by atoms with E-state index in [4.69, 9.17) is 4.42 Å². The fourth-order valence-electron chi connectivity index (χ4n) is 1.55. The summed E-state index contributed by atoms with van der Waals surface area (Å²) in [5.41, 5.74) is 0.590. The molecule has 6 heteroatoms. The van der Waals surface area contributed by atoms with Crippen LogP contribution in [0.15, 0.2) is 38.2 Å². The summed E-state index contributed by atoms with van der Waals surface area (Å²) < 4.78 is 7.03. The van der Waals surface area contributed by atoms with Crippen LogP contribution < -0.4 is 0 Å². The summed E-state index contributed by atoms with van der Waals surface area (Å²) >= 11 is 2.96. The lowest BCUT2D eigenvalue weighted by molar-refractivity contribution is 0.111. The van der Waals surface area contributed by atoms with Crippen LogP contribution in [0.25, 0.3) is 4.96 Å². The Labute approximate surface area is 105 Å². The molecule has 0 bridgehead atoms. The minimum absolute atomic E-state index is 0.590. The zero-order valence-corrected chi connectivity index (χ0v) is 10.5. The molecule has 86 valence electrons. The minimum Gasteiger partial charge on any atom is -0.468 e. The molecule has 0 atom stereocenters. The molecule has 0 aromatic carbocycles. The first-order valence-electron chi connectivity index (χ1n) is 4.92. The van der Waals surface area contributed by atoms with E-state index in [9.17, 15) is 4.79 Å². The van der Waals surface area contributed by atoms with E-state index in [-0.39, 0.29) is 0 Å². The standard InChI is InChI=1S/C11H8N2O2S2/c1-7-9(2-4-15-7)17-10-8(6-14)13-3-5-16-11(13)12-10/h2-6H,1H3. The summed E-state index contributed by atoms with van der Waals surface area (Å²) in [6.07, 6.45) is 4.32. The molecule has 3 aromatic heterocycles. The molecule has 4 nitrogen and oxygen atoms in total. The van der Waals surface area contributed by atoms with Crippen molar-refractivity contribution in [3.63, 3.8) is 0 Å². The average molecular weight is 264 g/mol. The molecule has 17 heavy (non-hydrogen) atoms. The fourth-order valence-corrected chi connectivity index (χ4v) is 3.23. The predicted molar refractivity (Wildman–Crippen MR) is 66.0 cm³/mol. The Hall–Kier alpha value is -1.53. The van der Waals surface area contributed by atoms with Crippen molar-refractivity contribution < 1.29 is 9.21 Å². The monoisotopic (exact) mass is 264 g/mol. The number of nitrogens with zero attached hydrogens (tertiary/aromatic N) is 2. The smallest absolute Gasteiger partial charge is 0.195 e. The van der Waals surface area contributed by atoms with E-state index < -0.39 is 0 Å². The summed E-state index contributed by atoms with van der Waals surface area (Å²) in [5.74, 6) is 0.836. The SMILES string of the molecule is Cc1occc1Sc1nc2sccn2c1C=O. The van der Waals surface area contributed by atoms with Gasteiger partial charge in [0.2, 0.25) is 0 Å². The number of carbonyl (C=O) groups is 1. The highest BCUT2D eigenvalue weighted by atomic mass is 32.2. The molecule has 3 aromatic rings. The van der Waals surface area contributed by atoms with Crippen LogP contribution >= 0.6 is 23.1 Å². The highest BCUT2D eigenvalue weighted by molar-refractivity contribution is 7.99. The first-order chi connectivity index (χ1) is 8.29. The molecule has 0 spiro atoms. The first kappa shape index (κ1) is 10.6. The topological polar surface area (TPSA) is 47.5 Å². The van der Waals surface area contributed by atoms with E-state index in [2.05, 4.69) is 4.98 Å². The number of aldehydes is 1. The lowest BCUT2D eigenvalue weighted by Gasteiger charge is -1.96. The Balaban J connectivity index is 2.08. The Morgan fingerprint density at radius 3 is 3.18 bits per heavy atom. The summed E-state index contributed by atoms with van der Waals surface area (Å²) in [4.78, 5) is 17.4. The molecule has 0 unspecified atom stereocenters. The quantitative estimate of drug-likeness (QED) is 0.681. The number of rotatable bonds is 3. The third-order valence-corrected chi connectivity index (χ3v) is 4.29. The maximum Gasteiger partial charge on any atom is 0.195 e. The lowest BCUT2D eigenvalue weighted by atomic mass is 10.5. The molecule has 0 aliphatic carbocycles. The van der Waals surface area contributed by atoms with E-state index in [0.29, 0.717) is 5.69 Å². The number of furan rings is 1. The fraction of sp³-hybridized carbons (Fsp3) is 0.0909. The van der Waals surface area contributed by atoms with Gasteiger partial charge in [-0.3, -0.25) is 9.20 Å². The van der Waals surface area contributed by atoms with E-state index >= 15 is 0 Å². The third-order valence-electron chi connectivity index (χ3n) is 2.39. The number of imidazole rings is 1. The molecular formula is C11H8N2O2S2. The number of hydrogen-bond acceptors (Lipinski definition) is 5. The Morgan fingerprint density at radius 2 is 2.47 bits per heavy atom. The van der Waals surface area contributed by atoms with Gasteiger partial charge in [0.1, 0.15) is 16.5 Å². The van der Waals surface area contributed by atoms with Crippen molar-refractivity contribution >= 4 is 34.3 Å². The zero-order chi connectivity index (χ0) is 11.8. The zero-order valence-electron chi connectivity index (χ0n) is 8.91. The molecule has 0 radical (unpaired) electrons. The van der Waals surface area contributed by atoms with Crippen LogP contribution in [0.1, 0.15) is 16.2 Å². The van der Waals surface area contributed by atoms with Crippen molar-refractivity contribution in [2.75, 3.05) is 0 Å². The highest BCUT2D eigenvalue weighted by Crippen LogP contribution is 2.33. The number of aromatic nitrogens is 2. The van der Waals surface area contributed by atoms with Crippen LogP contribution in [0.3, 0.4) is 0 Å². The van der Waals surface area contributed by atoms with E-state index in [1.54, 1.807) is 10.7 Å². The van der Waals surface area contributed by atoms with Crippen LogP contribution in [-0.2, 0) is 0 Å². The third kappa shape index (κ3) is 1.69. The molecule has 0 saturated heterocycles. The van der Waals surface area contributed by atoms with Crippen LogP contribution in [0, 0.1) is 6.92 Å². The molecular weight excluding hydrogens is 256 g/mol. The van der Waals surface area contributed by atoms with Gasteiger partial charge in [0.15, 0.2) is 11.2 Å². The number of thiazole rings is 1. The second-order valence-electron chi connectivity index (χ2n) is 3.42. The van der Waals surface area contributed by atoms with E-state index in [1.807, 2.05) is 24.6 Å². The Bertz CT molecular complexity index is 681. The van der Waals surface area contributed by atoms with Crippen molar-refractivity contribution in [2.45, 2.75) is 16.8 Å².